The third kappa shape index (κ3) is 4.09. The van der Waals surface area contributed by atoms with Crippen molar-refractivity contribution < 1.29 is 4.79 Å². The number of carbonyl (C=O) groups is 1. The van der Waals surface area contributed by atoms with Crippen LogP contribution in [0.5, 0.6) is 0 Å². The molecule has 31 heavy (non-hydrogen) atoms. The Morgan fingerprint density at radius 2 is 1.65 bits per heavy atom. The van der Waals surface area contributed by atoms with E-state index in [2.05, 4.69) is 28.4 Å². The highest BCUT2D eigenvalue weighted by Crippen LogP contribution is 2.28. The lowest BCUT2D eigenvalue weighted by atomic mass is 10.1. The smallest absolute Gasteiger partial charge is 0.295 e. The zero-order valence-corrected chi connectivity index (χ0v) is 18.7. The first-order chi connectivity index (χ1) is 14.8. The first-order valence-electron chi connectivity index (χ1n) is 10.0. The van der Waals surface area contributed by atoms with Gasteiger partial charge in [-0.05, 0) is 62.6 Å². The van der Waals surface area contributed by atoms with Crippen molar-refractivity contribution in [3.63, 3.8) is 0 Å². The number of nitrogens with one attached hydrogen (secondary N) is 1. The second kappa shape index (κ2) is 8.36. The lowest BCUT2D eigenvalue weighted by Gasteiger charge is -2.11. The molecule has 4 rings (SSSR count). The zero-order chi connectivity index (χ0) is 22.1. The Kier molecular flexibility index (Phi) is 5.61. The van der Waals surface area contributed by atoms with Gasteiger partial charge in [0.15, 0.2) is 5.82 Å². The number of benzene rings is 3. The molecule has 0 spiro atoms. The largest absolute Gasteiger partial charge is 0.318 e. The van der Waals surface area contributed by atoms with Crippen LogP contribution in [0.2, 0.25) is 5.02 Å². The van der Waals surface area contributed by atoms with E-state index in [9.17, 15) is 4.79 Å². The fraction of sp³-hybridized carbons (Fsp3) is 0.160. The van der Waals surface area contributed by atoms with Crippen molar-refractivity contribution in [2.75, 3.05) is 5.32 Å². The number of carbonyl (C=O) groups excluding carboxylic acids is 1. The van der Waals surface area contributed by atoms with E-state index in [0.29, 0.717) is 16.5 Å². The molecule has 3 aromatic carbocycles. The topological polar surface area (TPSA) is 59.8 Å². The average molecular weight is 431 g/mol. The Bertz CT molecular complexity index is 1270. The predicted molar refractivity (Wildman–Crippen MR) is 125 cm³/mol. The molecule has 5 nitrogen and oxygen atoms in total. The molecule has 0 aliphatic heterocycles. The van der Waals surface area contributed by atoms with Gasteiger partial charge in [0.1, 0.15) is 0 Å². The van der Waals surface area contributed by atoms with Gasteiger partial charge in [0.05, 0.1) is 16.4 Å². The molecule has 0 aliphatic rings. The Balaban J connectivity index is 1.83. The quantitative estimate of drug-likeness (QED) is 0.427. The van der Waals surface area contributed by atoms with Crippen LogP contribution in [0, 0.1) is 27.7 Å². The normalized spacial score (nSPS) is 10.9. The molecule has 0 aliphatic carbocycles. The van der Waals surface area contributed by atoms with Crippen LogP contribution in [0.1, 0.15) is 32.9 Å². The van der Waals surface area contributed by atoms with E-state index in [1.165, 1.54) is 0 Å². The Morgan fingerprint density at radius 3 is 2.39 bits per heavy atom. The monoisotopic (exact) mass is 430 g/mol. The Morgan fingerprint density at radius 1 is 0.935 bits per heavy atom. The van der Waals surface area contributed by atoms with Crippen molar-refractivity contribution in [3.05, 3.63) is 93.8 Å². The summed E-state index contributed by atoms with van der Waals surface area (Å²) in [4.78, 5) is 17.7. The van der Waals surface area contributed by atoms with Crippen LogP contribution in [0.15, 0.2) is 60.7 Å². The lowest BCUT2D eigenvalue weighted by molar-refractivity contribution is 0.101. The van der Waals surface area contributed by atoms with Gasteiger partial charge in [0.2, 0.25) is 5.82 Å². The molecule has 6 heteroatoms. The summed E-state index contributed by atoms with van der Waals surface area (Å²) in [6, 6.07) is 19.5. The maximum atomic E-state index is 13.1. The summed E-state index contributed by atoms with van der Waals surface area (Å²) in [5.74, 6) is 0.282. The van der Waals surface area contributed by atoms with Crippen LogP contribution in [-0.4, -0.2) is 20.7 Å². The second-order valence-corrected chi connectivity index (χ2v) is 8.05. The van der Waals surface area contributed by atoms with Crippen molar-refractivity contribution in [2.45, 2.75) is 27.7 Å². The van der Waals surface area contributed by atoms with E-state index in [-0.39, 0.29) is 5.82 Å². The molecular formula is C25H23ClN4O. The van der Waals surface area contributed by atoms with Gasteiger partial charge >= 0.3 is 0 Å². The number of hydrogen-bond acceptors (Lipinski definition) is 3. The maximum absolute atomic E-state index is 13.1. The van der Waals surface area contributed by atoms with E-state index >= 15 is 0 Å². The molecule has 1 amide bonds. The number of amides is 1. The van der Waals surface area contributed by atoms with Crippen molar-refractivity contribution in [2.24, 2.45) is 0 Å². The van der Waals surface area contributed by atoms with E-state index < -0.39 is 5.91 Å². The molecule has 1 heterocycles. The minimum Gasteiger partial charge on any atom is -0.318 e. The van der Waals surface area contributed by atoms with Crippen LogP contribution in [0.4, 0.5) is 5.69 Å². The van der Waals surface area contributed by atoms with Gasteiger partial charge in [0.25, 0.3) is 5.91 Å². The summed E-state index contributed by atoms with van der Waals surface area (Å²) in [7, 11) is 0. The number of anilines is 1. The van der Waals surface area contributed by atoms with E-state index in [1.54, 1.807) is 10.7 Å². The average Bonchev–Trinajstić information content (AvgIpc) is 3.18. The fourth-order valence-electron chi connectivity index (χ4n) is 3.47. The molecule has 1 N–H and O–H groups in total. The van der Waals surface area contributed by atoms with Gasteiger partial charge in [-0.3, -0.25) is 4.79 Å². The highest BCUT2D eigenvalue weighted by Gasteiger charge is 2.21. The van der Waals surface area contributed by atoms with Gasteiger partial charge in [0, 0.05) is 5.56 Å². The number of aromatic nitrogens is 3. The molecule has 156 valence electrons. The number of rotatable bonds is 4. The number of nitrogens with zero attached hydrogens (tertiary/aromatic N) is 3. The Labute approximate surface area is 186 Å². The molecule has 0 saturated carbocycles. The van der Waals surface area contributed by atoms with Crippen LogP contribution in [0.25, 0.3) is 17.1 Å². The first-order valence-corrected chi connectivity index (χ1v) is 10.4. The van der Waals surface area contributed by atoms with Crippen LogP contribution in [0.3, 0.4) is 0 Å². The number of para-hydroxylation sites is 1. The summed E-state index contributed by atoms with van der Waals surface area (Å²) in [5.41, 5.74) is 6.53. The number of aryl methyl sites for hydroxylation is 3. The van der Waals surface area contributed by atoms with E-state index in [0.717, 1.165) is 33.5 Å². The first kappa shape index (κ1) is 20.8. The van der Waals surface area contributed by atoms with Gasteiger partial charge in [-0.15, -0.1) is 5.10 Å². The summed E-state index contributed by atoms with van der Waals surface area (Å²) in [6.45, 7) is 8.01. The second-order valence-electron chi connectivity index (χ2n) is 7.65. The molecule has 1 aromatic heterocycles. The zero-order valence-electron chi connectivity index (χ0n) is 17.9. The molecule has 4 aromatic rings. The molecule has 0 radical (unpaired) electrons. The summed E-state index contributed by atoms with van der Waals surface area (Å²) in [5, 5.41) is 7.93. The van der Waals surface area contributed by atoms with E-state index in [1.807, 2.05) is 69.3 Å². The highest BCUT2D eigenvalue weighted by atomic mass is 35.5. The molecular weight excluding hydrogens is 408 g/mol. The highest BCUT2D eigenvalue weighted by molar-refractivity contribution is 6.34. The number of halogens is 1. The van der Waals surface area contributed by atoms with Crippen LogP contribution >= 0.6 is 11.6 Å². The fourth-order valence-corrected chi connectivity index (χ4v) is 3.74. The van der Waals surface area contributed by atoms with Gasteiger partial charge < -0.3 is 5.32 Å². The van der Waals surface area contributed by atoms with Crippen molar-refractivity contribution in [1.82, 2.24) is 14.8 Å². The van der Waals surface area contributed by atoms with Crippen molar-refractivity contribution >= 4 is 23.2 Å². The number of hydrogen-bond donors (Lipinski definition) is 1. The van der Waals surface area contributed by atoms with Gasteiger partial charge in [-0.2, -0.15) is 0 Å². The molecule has 0 bridgehead atoms. The molecule has 0 fully saturated rings. The van der Waals surface area contributed by atoms with Gasteiger partial charge in [-0.1, -0.05) is 59.6 Å². The minimum absolute atomic E-state index is 0.0803. The van der Waals surface area contributed by atoms with Gasteiger partial charge in [-0.25, -0.2) is 9.67 Å². The summed E-state index contributed by atoms with van der Waals surface area (Å²) >= 11 is 6.28. The predicted octanol–water partition coefficient (Wildman–Crippen LogP) is 6.07. The lowest BCUT2D eigenvalue weighted by Crippen LogP contribution is -2.15. The Hall–Kier alpha value is -3.44. The standard InChI is InChI=1S/C25H23ClN4O/c1-15-8-5-11-19(14-15)24-28-23(25(31)27-22-17(3)10-6-12-20(22)26)29-30(24)21-13-7-9-16(2)18(21)4/h5-14H,1-4H3,(H,27,31). The van der Waals surface area contributed by atoms with Crippen molar-refractivity contribution in [3.8, 4) is 17.1 Å². The summed E-state index contributed by atoms with van der Waals surface area (Å²) in [6.07, 6.45) is 0. The third-order valence-electron chi connectivity index (χ3n) is 5.35. The third-order valence-corrected chi connectivity index (χ3v) is 5.67. The SMILES string of the molecule is Cc1cccc(-c2nc(C(=O)Nc3c(C)cccc3Cl)nn2-c2cccc(C)c2C)c1. The van der Waals surface area contributed by atoms with E-state index in [4.69, 9.17) is 11.6 Å². The summed E-state index contributed by atoms with van der Waals surface area (Å²) < 4.78 is 1.74. The molecule has 0 saturated heterocycles. The minimum atomic E-state index is -0.408. The van der Waals surface area contributed by atoms with Crippen LogP contribution in [-0.2, 0) is 0 Å². The van der Waals surface area contributed by atoms with Crippen molar-refractivity contribution in [1.29, 1.82) is 0 Å². The molecule has 0 unspecified atom stereocenters. The molecule has 0 atom stereocenters. The van der Waals surface area contributed by atoms with Crippen LogP contribution < -0.4 is 5.32 Å². The maximum Gasteiger partial charge on any atom is 0.295 e.